The molecule has 0 aliphatic carbocycles. The highest BCUT2D eigenvalue weighted by molar-refractivity contribution is 7.89. The maximum Gasteiger partial charge on any atom is 0.255 e. The Hall–Kier alpha value is -3.25. The fourth-order valence-electron chi connectivity index (χ4n) is 4.44. The fourth-order valence-corrected chi connectivity index (χ4v) is 6.08. The fraction of sp³-hybridized carbons (Fsp3) is 0.429. The number of aromatic nitrogens is 1. The number of nitrogens with zero attached hydrogens (tertiary/aromatic N) is 3. The molecule has 2 aromatic heterocycles. The molecule has 0 bridgehead atoms. The van der Waals surface area contributed by atoms with Crippen molar-refractivity contribution in [3.05, 3.63) is 53.9 Å². The monoisotopic (exact) mass is 476 g/mol. The molecule has 12 heteroatoms. The number of ketones is 1. The molecule has 0 saturated carbocycles. The molecule has 0 radical (unpaired) electrons. The van der Waals surface area contributed by atoms with Gasteiger partial charge in [-0.1, -0.05) is 13.3 Å². The molecular formula is C21H24N4O7S. The van der Waals surface area contributed by atoms with E-state index in [9.17, 15) is 28.0 Å². The van der Waals surface area contributed by atoms with Crippen LogP contribution in [0.15, 0.2) is 52.4 Å². The Morgan fingerprint density at radius 2 is 2.15 bits per heavy atom. The lowest BCUT2D eigenvalue weighted by Gasteiger charge is -2.28. The number of nitrogens with one attached hydrogen (secondary N) is 1. The van der Waals surface area contributed by atoms with Crippen LogP contribution in [0, 0.1) is 5.21 Å². The van der Waals surface area contributed by atoms with Crippen molar-refractivity contribution < 1.29 is 31.9 Å². The maximum absolute atomic E-state index is 13.3. The normalized spacial score (nSPS) is 21.7. The van der Waals surface area contributed by atoms with E-state index < -0.39 is 45.7 Å². The van der Waals surface area contributed by atoms with Crippen LogP contribution in [-0.2, 0) is 19.6 Å². The van der Waals surface area contributed by atoms with E-state index in [4.69, 9.17) is 4.42 Å². The number of sulfonamides is 1. The Morgan fingerprint density at radius 1 is 1.36 bits per heavy atom. The highest BCUT2D eigenvalue weighted by Gasteiger charge is 2.54. The molecule has 4 rings (SSSR count). The summed E-state index contributed by atoms with van der Waals surface area (Å²) >= 11 is 0. The molecule has 2 fully saturated rings. The number of fused-ring (bicyclic) bond motifs is 1. The Labute approximate surface area is 190 Å². The van der Waals surface area contributed by atoms with Gasteiger partial charge in [-0.05, 0) is 25.0 Å². The summed E-state index contributed by atoms with van der Waals surface area (Å²) in [5, 5.41) is 14.3. The lowest BCUT2D eigenvalue weighted by Crippen LogP contribution is -2.52. The van der Waals surface area contributed by atoms with Crippen molar-refractivity contribution in [2.75, 3.05) is 13.1 Å². The van der Waals surface area contributed by atoms with Crippen molar-refractivity contribution in [1.82, 2.24) is 14.5 Å². The van der Waals surface area contributed by atoms with Crippen molar-refractivity contribution in [3.8, 4) is 0 Å². The molecule has 33 heavy (non-hydrogen) atoms. The van der Waals surface area contributed by atoms with Crippen molar-refractivity contribution in [2.45, 2.75) is 49.2 Å². The van der Waals surface area contributed by atoms with Gasteiger partial charge in [-0.3, -0.25) is 14.4 Å². The molecule has 3 atom stereocenters. The van der Waals surface area contributed by atoms with E-state index in [1.54, 1.807) is 0 Å². The average molecular weight is 477 g/mol. The van der Waals surface area contributed by atoms with Crippen molar-refractivity contribution in [1.29, 1.82) is 0 Å². The second kappa shape index (κ2) is 8.94. The molecule has 0 aromatic carbocycles. The Bertz CT molecular complexity index is 1170. The van der Waals surface area contributed by atoms with Crippen LogP contribution in [0.4, 0.5) is 0 Å². The highest BCUT2D eigenvalue weighted by atomic mass is 32.2. The SMILES string of the molecule is CCCC(NC(=O)c1ccoc1)C(=O)N1CCC2C1C(=O)CN2S(=O)(=O)c1ccc[n+]([O-])c1. The van der Waals surface area contributed by atoms with E-state index >= 15 is 0 Å². The van der Waals surface area contributed by atoms with Crippen LogP contribution in [0.5, 0.6) is 0 Å². The molecule has 2 amide bonds. The third kappa shape index (κ3) is 4.23. The zero-order chi connectivity index (χ0) is 23.8. The van der Waals surface area contributed by atoms with Gasteiger partial charge in [0.05, 0.1) is 24.4 Å². The van der Waals surface area contributed by atoms with Crippen LogP contribution in [-0.4, -0.2) is 66.4 Å². The van der Waals surface area contributed by atoms with E-state index in [0.29, 0.717) is 17.6 Å². The summed E-state index contributed by atoms with van der Waals surface area (Å²) in [4.78, 5) is 39.8. The third-order valence-corrected chi connectivity index (χ3v) is 7.83. The van der Waals surface area contributed by atoms with Gasteiger partial charge in [-0.15, -0.1) is 0 Å². The second-order valence-corrected chi connectivity index (χ2v) is 9.97. The summed E-state index contributed by atoms with van der Waals surface area (Å²) < 4.78 is 32.6. The lowest BCUT2D eigenvalue weighted by atomic mass is 10.1. The largest absolute Gasteiger partial charge is 0.619 e. The first-order valence-electron chi connectivity index (χ1n) is 10.6. The molecule has 3 unspecified atom stereocenters. The van der Waals surface area contributed by atoms with Gasteiger partial charge in [0.15, 0.2) is 18.2 Å². The number of carbonyl (C=O) groups is 3. The van der Waals surface area contributed by atoms with Gasteiger partial charge in [0, 0.05) is 12.6 Å². The number of amides is 2. The Kier molecular flexibility index (Phi) is 6.21. The first kappa shape index (κ1) is 22.9. The van der Waals surface area contributed by atoms with Crippen LogP contribution in [0.3, 0.4) is 0 Å². The number of pyridine rings is 1. The van der Waals surface area contributed by atoms with Crippen LogP contribution in [0.1, 0.15) is 36.5 Å². The van der Waals surface area contributed by atoms with Gasteiger partial charge >= 0.3 is 0 Å². The highest BCUT2D eigenvalue weighted by Crippen LogP contribution is 2.34. The first-order chi connectivity index (χ1) is 15.7. The minimum atomic E-state index is -4.10. The van der Waals surface area contributed by atoms with Crippen LogP contribution in [0.2, 0.25) is 0 Å². The van der Waals surface area contributed by atoms with Crippen molar-refractivity contribution >= 4 is 27.6 Å². The van der Waals surface area contributed by atoms with Gasteiger partial charge in [-0.25, -0.2) is 8.42 Å². The van der Waals surface area contributed by atoms with Crippen molar-refractivity contribution in [3.63, 3.8) is 0 Å². The van der Waals surface area contributed by atoms with E-state index in [1.807, 2.05) is 6.92 Å². The van der Waals surface area contributed by atoms with Crippen LogP contribution < -0.4 is 10.0 Å². The minimum absolute atomic E-state index is 0.185. The van der Waals surface area contributed by atoms with E-state index in [1.165, 1.54) is 41.8 Å². The molecule has 11 nitrogen and oxygen atoms in total. The van der Waals surface area contributed by atoms with Gasteiger partial charge in [-0.2, -0.15) is 9.04 Å². The molecule has 1 N–H and O–H groups in total. The molecule has 0 spiro atoms. The lowest BCUT2D eigenvalue weighted by molar-refractivity contribution is -0.607. The smallest absolute Gasteiger partial charge is 0.255 e. The zero-order valence-corrected chi connectivity index (χ0v) is 18.7. The Balaban J connectivity index is 1.54. The average Bonchev–Trinajstić information content (AvgIpc) is 3.52. The minimum Gasteiger partial charge on any atom is -0.619 e. The third-order valence-electron chi connectivity index (χ3n) is 5.98. The number of hydrogen-bond acceptors (Lipinski definition) is 7. The molecular weight excluding hydrogens is 452 g/mol. The molecule has 2 aromatic rings. The number of rotatable bonds is 7. The molecule has 176 valence electrons. The summed E-state index contributed by atoms with van der Waals surface area (Å²) in [5.74, 6) is -1.29. The van der Waals surface area contributed by atoms with Crippen LogP contribution in [0.25, 0.3) is 0 Å². The summed E-state index contributed by atoms with van der Waals surface area (Å²) in [6.45, 7) is 1.67. The molecule has 2 aliphatic heterocycles. The van der Waals surface area contributed by atoms with Gasteiger partial charge < -0.3 is 19.8 Å². The predicted molar refractivity (Wildman–Crippen MR) is 113 cm³/mol. The van der Waals surface area contributed by atoms with E-state index in [-0.39, 0.29) is 30.0 Å². The molecule has 4 heterocycles. The molecule has 2 aliphatic rings. The first-order valence-corrected chi connectivity index (χ1v) is 12.0. The summed E-state index contributed by atoms with van der Waals surface area (Å²) in [6, 6.07) is 1.58. The standard InChI is InChI=1S/C21H24N4O7S/c1-2-4-16(22-20(27)14-7-10-32-13-14)21(28)24-9-6-17-19(24)18(26)12-25(17)33(30,31)15-5-3-8-23(29)11-15/h3,5,7-8,10-11,13,16-17,19H,2,4,6,9,12H2,1H3,(H,22,27). The number of hydrogen-bond donors (Lipinski definition) is 1. The zero-order valence-electron chi connectivity index (χ0n) is 17.9. The van der Waals surface area contributed by atoms with E-state index in [0.717, 1.165) is 10.5 Å². The van der Waals surface area contributed by atoms with Crippen molar-refractivity contribution in [2.24, 2.45) is 0 Å². The summed E-state index contributed by atoms with van der Waals surface area (Å²) in [7, 11) is -4.10. The number of likely N-dealkylation sites (tertiary alicyclic amines) is 1. The number of furan rings is 1. The van der Waals surface area contributed by atoms with E-state index in [2.05, 4.69) is 5.32 Å². The van der Waals surface area contributed by atoms with Gasteiger partial charge in [0.1, 0.15) is 23.2 Å². The molecule has 2 saturated heterocycles. The van der Waals surface area contributed by atoms with Crippen LogP contribution >= 0.6 is 0 Å². The topological polar surface area (TPSA) is 144 Å². The number of carbonyl (C=O) groups excluding carboxylic acids is 3. The van der Waals surface area contributed by atoms with Gasteiger partial charge in [0.25, 0.3) is 5.91 Å². The summed E-state index contributed by atoms with van der Waals surface area (Å²) in [6.07, 6.45) is 5.98. The second-order valence-electron chi connectivity index (χ2n) is 8.08. The van der Waals surface area contributed by atoms with Gasteiger partial charge in [0.2, 0.25) is 15.9 Å². The maximum atomic E-state index is 13.3. The summed E-state index contributed by atoms with van der Waals surface area (Å²) in [5.41, 5.74) is 0.274. The number of Topliss-reactive ketones (excluding diaryl/α,β-unsaturated/α-hetero) is 1. The predicted octanol–water partition coefficient (Wildman–Crippen LogP) is 0.0546. The Morgan fingerprint density at radius 3 is 2.82 bits per heavy atom. The quantitative estimate of drug-likeness (QED) is 0.439.